The number of hydrogen-bond acceptors (Lipinski definition) is 4. The van der Waals surface area contributed by atoms with Crippen LogP contribution in [0.15, 0.2) is 0 Å². The molecule has 0 saturated heterocycles. The van der Waals surface area contributed by atoms with Crippen molar-refractivity contribution in [2.75, 3.05) is 13.1 Å². The Labute approximate surface area is 193 Å². The maximum absolute atomic E-state index is 5.75. The van der Waals surface area contributed by atoms with Gasteiger partial charge in [0.2, 0.25) is 0 Å². The summed E-state index contributed by atoms with van der Waals surface area (Å²) >= 11 is -1.65. The Bertz CT molecular complexity index is 192. The molecule has 0 aliphatic carbocycles. The van der Waals surface area contributed by atoms with Crippen LogP contribution in [-0.4, -0.2) is 25.2 Å². The van der Waals surface area contributed by atoms with E-state index >= 15 is 0 Å². The van der Waals surface area contributed by atoms with Crippen molar-refractivity contribution in [2.45, 2.75) is 71.3 Å². The minimum absolute atomic E-state index is 0. The maximum Gasteiger partial charge on any atom is -1.00 e. The Morgan fingerprint density at radius 2 is 0.958 bits per heavy atom. The van der Waals surface area contributed by atoms with Crippen LogP contribution in [-0.2, 0) is 46.7 Å². The summed E-state index contributed by atoms with van der Waals surface area (Å²) in [4.78, 5) is 0. The Balaban J connectivity index is -0.000000154. The first kappa shape index (κ1) is 34.4. The fourth-order valence-electron chi connectivity index (χ4n) is 1.94. The molecule has 4 nitrogen and oxygen atoms in total. The standard InChI is InChI=1S/2C7H17N2.4ClH.2Hg/c2*1-2-3-4-5-7(9)6-8;;;;;;/h2*7H,1-6,8-9H2;4*1H;;/q;;;;;;2*+1/p-4. The van der Waals surface area contributed by atoms with Crippen LogP contribution in [0.25, 0.3) is 0 Å². The van der Waals surface area contributed by atoms with Crippen molar-refractivity contribution in [1.82, 2.24) is 0 Å². The molecule has 24 heavy (non-hydrogen) atoms. The van der Waals surface area contributed by atoms with E-state index in [0.717, 1.165) is 12.8 Å². The van der Waals surface area contributed by atoms with Gasteiger partial charge in [-0.15, -0.1) is 0 Å². The van der Waals surface area contributed by atoms with E-state index in [2.05, 4.69) is 0 Å². The van der Waals surface area contributed by atoms with Crippen molar-refractivity contribution in [3.05, 3.63) is 0 Å². The molecule has 144 valence electrons. The van der Waals surface area contributed by atoms with Gasteiger partial charge in [-0.2, -0.15) is 0 Å². The van der Waals surface area contributed by atoms with Gasteiger partial charge in [0.05, 0.1) is 0 Å². The van der Waals surface area contributed by atoms with Crippen LogP contribution >= 0.6 is 16.5 Å². The first-order valence-electron chi connectivity index (χ1n) is 8.65. The van der Waals surface area contributed by atoms with Crippen LogP contribution in [0, 0.1) is 0 Å². The van der Waals surface area contributed by atoms with Gasteiger partial charge in [0, 0.05) is 0 Å². The van der Waals surface area contributed by atoms with Gasteiger partial charge in [0.25, 0.3) is 0 Å². The molecule has 0 bridgehead atoms. The zero-order chi connectivity index (χ0) is 17.1. The second-order valence-electron chi connectivity index (χ2n) is 5.78. The van der Waals surface area contributed by atoms with Gasteiger partial charge in [-0.05, 0) is 0 Å². The zero-order valence-corrected chi connectivity index (χ0v) is 28.9. The van der Waals surface area contributed by atoms with Gasteiger partial charge in [0.15, 0.2) is 0 Å². The van der Waals surface area contributed by atoms with Crippen LogP contribution in [0.5, 0.6) is 0 Å². The topological polar surface area (TPSA) is 104 Å². The maximum atomic E-state index is 5.75. The molecule has 0 aliphatic heterocycles. The third kappa shape index (κ3) is 32.5. The first-order chi connectivity index (χ1) is 10.6. The summed E-state index contributed by atoms with van der Waals surface area (Å²) in [5, 5.41) is 0. The van der Waals surface area contributed by atoms with E-state index in [1.807, 2.05) is 0 Å². The van der Waals surface area contributed by atoms with Crippen molar-refractivity contribution in [3.8, 4) is 0 Å². The Hall–Kier alpha value is 2.87. The summed E-state index contributed by atoms with van der Waals surface area (Å²) in [5.41, 5.74) is 22.1. The van der Waals surface area contributed by atoms with Crippen molar-refractivity contribution in [3.63, 3.8) is 0 Å². The van der Waals surface area contributed by atoms with Gasteiger partial charge in [0.1, 0.15) is 0 Å². The van der Waals surface area contributed by atoms with E-state index in [1.165, 1.54) is 46.4 Å². The Morgan fingerprint density at radius 1 is 0.625 bits per heavy atom. The summed E-state index contributed by atoms with van der Waals surface area (Å²) < 4.78 is 2.69. The quantitative estimate of drug-likeness (QED) is 0.111. The number of nitrogens with two attached hydrogens (primary N) is 4. The SMILES string of the molecule is NCC(N)CCCC[CH2][Hg][Cl].NCC(N)CCCC[CH2][Hg][Cl].[Cl-].[Cl-]. The third-order valence-corrected chi connectivity index (χ3v) is 14.2. The van der Waals surface area contributed by atoms with Gasteiger partial charge < -0.3 is 24.8 Å². The molecule has 0 radical (unpaired) electrons. The van der Waals surface area contributed by atoms with Gasteiger partial charge >= 0.3 is 171 Å². The summed E-state index contributed by atoms with van der Waals surface area (Å²) in [6.07, 6.45) is 9.84. The van der Waals surface area contributed by atoms with Crippen LogP contribution in [0.4, 0.5) is 0 Å². The summed E-state index contributed by atoms with van der Waals surface area (Å²) in [6.45, 7) is 1.24. The molecule has 0 amide bonds. The number of hydrogen-bond donors (Lipinski definition) is 4. The molecule has 2 atom stereocenters. The number of rotatable bonds is 14. The minimum atomic E-state index is -0.824. The van der Waals surface area contributed by atoms with Crippen LogP contribution in [0.2, 0.25) is 7.86 Å². The molecule has 0 aliphatic rings. The molecule has 0 saturated carbocycles. The zero-order valence-electron chi connectivity index (χ0n) is 14.9. The number of halogens is 4. The summed E-state index contributed by atoms with van der Waals surface area (Å²) in [6, 6.07) is 0.436. The second-order valence-corrected chi connectivity index (χ2v) is 20.8. The van der Waals surface area contributed by atoms with Crippen molar-refractivity contribution in [1.29, 1.82) is 0 Å². The molecule has 10 heteroatoms. The average Bonchev–Trinajstić information content (AvgIpc) is 2.54. The van der Waals surface area contributed by atoms with E-state index in [0.29, 0.717) is 13.1 Å². The average molecular weight is 801 g/mol. The fourth-order valence-corrected chi connectivity index (χ4v) is 9.48. The molecule has 0 aromatic heterocycles. The van der Waals surface area contributed by atoms with E-state index in [-0.39, 0.29) is 36.9 Å². The smallest absolute Gasteiger partial charge is 1.00 e. The molecule has 0 spiro atoms. The molecule has 0 heterocycles. The molecular formula is C14H34Cl4Hg2N4-2. The largest absolute Gasteiger partial charge is 1.00 e. The van der Waals surface area contributed by atoms with Crippen LogP contribution in [0.3, 0.4) is 0 Å². The van der Waals surface area contributed by atoms with Crippen LogP contribution in [0.1, 0.15) is 51.4 Å². The van der Waals surface area contributed by atoms with E-state index < -0.39 is 46.7 Å². The predicted octanol–water partition coefficient (Wildman–Crippen LogP) is -3.02. The Morgan fingerprint density at radius 3 is 1.21 bits per heavy atom. The summed E-state index contributed by atoms with van der Waals surface area (Å²) in [7, 11) is 11.5. The van der Waals surface area contributed by atoms with Gasteiger partial charge in [-0.3, -0.25) is 0 Å². The van der Waals surface area contributed by atoms with Gasteiger partial charge in [-0.1, -0.05) is 0 Å². The molecule has 0 aromatic rings. The molecular weight excluding hydrogens is 767 g/mol. The minimum Gasteiger partial charge on any atom is -1.00 e. The van der Waals surface area contributed by atoms with E-state index in [9.17, 15) is 0 Å². The fraction of sp³-hybridized carbons (Fsp3) is 1.00. The third-order valence-electron chi connectivity index (χ3n) is 3.52. The van der Waals surface area contributed by atoms with E-state index in [1.54, 1.807) is 0 Å². The van der Waals surface area contributed by atoms with Crippen molar-refractivity contribution in [2.24, 2.45) is 22.9 Å². The number of unbranched alkanes of at least 4 members (excludes halogenated alkanes) is 4. The first-order valence-corrected chi connectivity index (χ1v) is 30.0. The molecule has 0 fully saturated rings. The van der Waals surface area contributed by atoms with Crippen LogP contribution < -0.4 is 47.7 Å². The molecule has 0 aromatic carbocycles. The molecule has 2 unspecified atom stereocenters. The Kier molecular flexibility index (Phi) is 43.8. The van der Waals surface area contributed by atoms with Crippen molar-refractivity contribution < 1.29 is 71.5 Å². The monoisotopic (exact) mass is 802 g/mol. The second kappa shape index (κ2) is 30.6. The van der Waals surface area contributed by atoms with E-state index in [4.69, 9.17) is 39.4 Å². The normalized spacial score (nSPS) is 11.6. The van der Waals surface area contributed by atoms with Gasteiger partial charge in [-0.25, -0.2) is 0 Å². The van der Waals surface area contributed by atoms with Crippen molar-refractivity contribution >= 4 is 16.5 Å². The summed E-state index contributed by atoms with van der Waals surface area (Å²) in [5.74, 6) is 0. The molecule has 8 N–H and O–H groups in total. The molecule has 0 rings (SSSR count). The predicted molar refractivity (Wildman–Crippen MR) is 92.3 cm³/mol.